The molecule has 3 rings (SSSR count). The first kappa shape index (κ1) is 27.6. The summed E-state index contributed by atoms with van der Waals surface area (Å²) in [4.78, 5) is 52.6. The van der Waals surface area contributed by atoms with Gasteiger partial charge >= 0.3 is 5.97 Å². The predicted molar refractivity (Wildman–Crippen MR) is 142 cm³/mol. The normalized spacial score (nSPS) is 13.9. The zero-order chi connectivity index (χ0) is 25.5. The lowest BCUT2D eigenvalue weighted by molar-refractivity contribution is -0.152. The van der Waals surface area contributed by atoms with Crippen LogP contribution in [0.1, 0.15) is 34.6 Å². The highest BCUT2D eigenvalue weighted by molar-refractivity contribution is 9.15. The topological polar surface area (TPSA) is 92.8 Å². The average molecular weight is 765 g/mol. The largest absolute Gasteiger partial charge is 0.454 e. The van der Waals surface area contributed by atoms with Crippen LogP contribution in [0.15, 0.2) is 36.1 Å². The van der Waals surface area contributed by atoms with Crippen LogP contribution < -0.4 is 5.32 Å². The highest BCUT2D eigenvalue weighted by Crippen LogP contribution is 2.46. The van der Waals surface area contributed by atoms with Crippen molar-refractivity contribution in [3.8, 4) is 0 Å². The molecule has 1 atom stereocenters. The SMILES string of the molecule is CC(C)C(C(=O)OCC(=O)Nc1cc(Cl)cc(Cl)c1)N1C(=O)c2c(Br)c(Br)c(Br)c(Br)c2C1=O. The van der Waals surface area contributed by atoms with Gasteiger partial charge in [-0.3, -0.25) is 19.3 Å². The Bertz CT molecular complexity index is 1170. The molecule has 0 saturated carbocycles. The fourth-order valence-electron chi connectivity index (χ4n) is 3.34. The minimum Gasteiger partial charge on any atom is -0.454 e. The Kier molecular flexibility index (Phi) is 8.90. The summed E-state index contributed by atoms with van der Waals surface area (Å²) in [5, 5.41) is 3.16. The second-order valence-electron chi connectivity index (χ2n) is 7.49. The number of rotatable bonds is 6. The first-order valence-electron chi connectivity index (χ1n) is 9.51. The van der Waals surface area contributed by atoms with Crippen molar-refractivity contribution in [3.05, 3.63) is 57.3 Å². The van der Waals surface area contributed by atoms with Gasteiger partial charge in [-0.05, 0) is 87.8 Å². The predicted octanol–water partition coefficient (Wildman–Crippen LogP) is 6.85. The van der Waals surface area contributed by atoms with Crippen LogP contribution in [-0.4, -0.2) is 41.2 Å². The van der Waals surface area contributed by atoms with Gasteiger partial charge in [0.1, 0.15) is 6.04 Å². The fraction of sp³-hybridized carbons (Fsp3) is 0.238. The van der Waals surface area contributed by atoms with Gasteiger partial charge in [0.25, 0.3) is 17.7 Å². The van der Waals surface area contributed by atoms with E-state index in [1.807, 2.05) is 0 Å². The van der Waals surface area contributed by atoms with E-state index < -0.39 is 42.3 Å². The van der Waals surface area contributed by atoms with E-state index in [0.717, 1.165) is 4.90 Å². The Balaban J connectivity index is 1.81. The quantitative estimate of drug-likeness (QED) is 0.151. The monoisotopic (exact) mass is 760 g/mol. The maximum absolute atomic E-state index is 13.2. The molecule has 7 nitrogen and oxygen atoms in total. The molecular formula is C21H14Br4Cl2N2O5. The van der Waals surface area contributed by atoms with Crippen LogP contribution in [0.5, 0.6) is 0 Å². The summed E-state index contributed by atoms with van der Waals surface area (Å²) < 4.78 is 6.97. The number of carbonyl (C=O) groups is 4. The van der Waals surface area contributed by atoms with E-state index in [-0.39, 0.29) is 11.1 Å². The molecule has 0 fully saturated rings. The number of nitrogens with zero attached hydrogens (tertiary/aromatic N) is 1. The molecule has 1 N–H and O–H groups in total. The second kappa shape index (κ2) is 11.0. The number of halogens is 6. The summed E-state index contributed by atoms with van der Waals surface area (Å²) in [5.74, 6) is -3.35. The molecule has 0 spiro atoms. The Morgan fingerprint density at radius 2 is 1.38 bits per heavy atom. The van der Waals surface area contributed by atoms with Crippen molar-refractivity contribution >= 4 is 116 Å². The van der Waals surface area contributed by atoms with E-state index in [0.29, 0.717) is 33.6 Å². The number of carbonyl (C=O) groups excluding carboxylic acids is 4. The number of ether oxygens (including phenoxy) is 1. The number of hydrogen-bond donors (Lipinski definition) is 1. The zero-order valence-corrected chi connectivity index (χ0v) is 25.2. The van der Waals surface area contributed by atoms with Crippen LogP contribution in [-0.2, 0) is 14.3 Å². The van der Waals surface area contributed by atoms with Gasteiger partial charge < -0.3 is 10.1 Å². The van der Waals surface area contributed by atoms with Crippen LogP contribution in [0.2, 0.25) is 10.0 Å². The third-order valence-electron chi connectivity index (χ3n) is 4.78. The summed E-state index contributed by atoms with van der Waals surface area (Å²) in [5.41, 5.74) is 0.548. The van der Waals surface area contributed by atoms with Gasteiger partial charge in [0.2, 0.25) is 0 Å². The number of benzene rings is 2. The molecule has 1 aliphatic rings. The number of hydrogen-bond acceptors (Lipinski definition) is 5. The molecule has 180 valence electrons. The molecule has 0 radical (unpaired) electrons. The summed E-state index contributed by atoms with van der Waals surface area (Å²) in [7, 11) is 0. The first-order chi connectivity index (χ1) is 15.8. The lowest BCUT2D eigenvalue weighted by atomic mass is 10.0. The standard InChI is InChI=1S/C21H14Br4Cl2N2O5/c1-7(2)18(21(33)34-6-11(30)28-10-4-8(26)3-9(27)5-10)29-19(31)12-13(20(29)32)15(23)17(25)16(24)14(12)22/h3-5,7,18H,6H2,1-2H3,(H,28,30). The zero-order valence-electron chi connectivity index (χ0n) is 17.4. The third kappa shape index (κ3) is 5.39. The van der Waals surface area contributed by atoms with E-state index in [1.54, 1.807) is 13.8 Å². The maximum Gasteiger partial charge on any atom is 0.330 e. The lowest BCUT2D eigenvalue weighted by Crippen LogP contribution is -2.49. The van der Waals surface area contributed by atoms with Crippen LogP contribution in [0.3, 0.4) is 0 Å². The molecule has 3 amide bonds. The minimum absolute atomic E-state index is 0.112. The van der Waals surface area contributed by atoms with Crippen LogP contribution in [0, 0.1) is 5.92 Å². The van der Waals surface area contributed by atoms with Crippen molar-refractivity contribution < 1.29 is 23.9 Å². The van der Waals surface area contributed by atoms with E-state index in [9.17, 15) is 19.2 Å². The average Bonchev–Trinajstić information content (AvgIpc) is 2.99. The van der Waals surface area contributed by atoms with E-state index in [1.165, 1.54) is 18.2 Å². The molecule has 13 heteroatoms. The number of amides is 3. The molecule has 34 heavy (non-hydrogen) atoms. The maximum atomic E-state index is 13.2. The number of anilines is 1. The van der Waals surface area contributed by atoms with Crippen LogP contribution in [0.25, 0.3) is 0 Å². The van der Waals surface area contributed by atoms with Gasteiger partial charge in [-0.1, -0.05) is 37.0 Å². The summed E-state index contributed by atoms with van der Waals surface area (Å²) in [6.45, 7) is 2.69. The van der Waals surface area contributed by atoms with Crippen molar-refractivity contribution in [2.24, 2.45) is 5.92 Å². The second-order valence-corrected chi connectivity index (χ2v) is 11.5. The first-order valence-corrected chi connectivity index (χ1v) is 13.4. The van der Waals surface area contributed by atoms with Gasteiger partial charge in [0.15, 0.2) is 6.61 Å². The van der Waals surface area contributed by atoms with Crippen molar-refractivity contribution in [1.29, 1.82) is 0 Å². The molecule has 2 aromatic rings. The molecule has 0 bridgehead atoms. The number of nitrogens with one attached hydrogen (secondary N) is 1. The van der Waals surface area contributed by atoms with E-state index in [4.69, 9.17) is 27.9 Å². The molecule has 1 aliphatic heterocycles. The van der Waals surface area contributed by atoms with E-state index in [2.05, 4.69) is 69.0 Å². The van der Waals surface area contributed by atoms with Gasteiger partial charge in [0, 0.05) is 33.6 Å². The number of fused-ring (bicyclic) bond motifs is 1. The smallest absolute Gasteiger partial charge is 0.330 e. The highest BCUT2D eigenvalue weighted by Gasteiger charge is 2.47. The van der Waals surface area contributed by atoms with Crippen molar-refractivity contribution in [2.45, 2.75) is 19.9 Å². The number of esters is 1. The Morgan fingerprint density at radius 3 is 1.82 bits per heavy atom. The highest BCUT2D eigenvalue weighted by atomic mass is 79.9. The van der Waals surface area contributed by atoms with Crippen LogP contribution >= 0.6 is 86.9 Å². The molecule has 0 aliphatic carbocycles. The lowest BCUT2D eigenvalue weighted by Gasteiger charge is -2.27. The third-order valence-corrected chi connectivity index (χ3v) is 9.98. The Labute approximate surface area is 238 Å². The molecule has 0 aromatic heterocycles. The number of imide groups is 1. The van der Waals surface area contributed by atoms with Crippen molar-refractivity contribution in [1.82, 2.24) is 4.90 Å². The molecule has 0 saturated heterocycles. The summed E-state index contributed by atoms with van der Waals surface area (Å²) in [6, 6.07) is 3.21. The molecule has 1 heterocycles. The summed E-state index contributed by atoms with van der Waals surface area (Å²) >= 11 is 25.2. The van der Waals surface area contributed by atoms with Crippen molar-refractivity contribution in [2.75, 3.05) is 11.9 Å². The molecule has 2 aromatic carbocycles. The van der Waals surface area contributed by atoms with E-state index >= 15 is 0 Å². The molecular weight excluding hydrogens is 751 g/mol. The minimum atomic E-state index is -1.25. The Morgan fingerprint density at radius 1 is 0.912 bits per heavy atom. The van der Waals surface area contributed by atoms with Gasteiger partial charge in [-0.25, -0.2) is 4.79 Å². The van der Waals surface area contributed by atoms with Crippen LogP contribution in [0.4, 0.5) is 5.69 Å². The fourth-order valence-corrected chi connectivity index (χ4v) is 6.32. The van der Waals surface area contributed by atoms with Crippen molar-refractivity contribution in [3.63, 3.8) is 0 Å². The van der Waals surface area contributed by atoms with Gasteiger partial charge in [-0.2, -0.15) is 0 Å². The Hall–Kier alpha value is -0.980. The summed E-state index contributed by atoms with van der Waals surface area (Å²) in [6.07, 6.45) is 0. The molecule has 1 unspecified atom stereocenters. The van der Waals surface area contributed by atoms with Gasteiger partial charge in [0.05, 0.1) is 11.1 Å². The van der Waals surface area contributed by atoms with Gasteiger partial charge in [-0.15, -0.1) is 0 Å².